The van der Waals surface area contributed by atoms with Crippen molar-refractivity contribution in [3.8, 4) is 5.75 Å². The molecule has 0 heterocycles. The molecule has 90 valence electrons. The van der Waals surface area contributed by atoms with Crippen molar-refractivity contribution in [2.24, 2.45) is 0 Å². The van der Waals surface area contributed by atoms with Gasteiger partial charge in [0.05, 0.1) is 5.60 Å². The SMILES string of the molecule is CCc1ccc(C(C)C)c(C(C)(C)O)c1O. The van der Waals surface area contributed by atoms with Crippen molar-refractivity contribution in [2.75, 3.05) is 0 Å². The Bertz CT molecular complexity index is 373. The highest BCUT2D eigenvalue weighted by atomic mass is 16.3. The van der Waals surface area contributed by atoms with E-state index in [9.17, 15) is 10.2 Å². The van der Waals surface area contributed by atoms with Crippen LogP contribution in [-0.4, -0.2) is 10.2 Å². The smallest absolute Gasteiger partial charge is 0.125 e. The molecule has 0 bridgehead atoms. The van der Waals surface area contributed by atoms with E-state index in [4.69, 9.17) is 0 Å². The molecule has 1 rings (SSSR count). The second-order valence-corrected chi connectivity index (χ2v) is 5.10. The normalized spacial score (nSPS) is 12.2. The third kappa shape index (κ3) is 2.38. The first-order valence-electron chi connectivity index (χ1n) is 5.86. The van der Waals surface area contributed by atoms with Gasteiger partial charge in [0.15, 0.2) is 0 Å². The molecule has 0 aromatic heterocycles. The number of hydrogen-bond donors (Lipinski definition) is 2. The first kappa shape index (κ1) is 13.0. The van der Waals surface area contributed by atoms with Crippen LogP contribution >= 0.6 is 0 Å². The molecule has 0 saturated heterocycles. The lowest BCUT2D eigenvalue weighted by molar-refractivity contribution is 0.0744. The van der Waals surface area contributed by atoms with Gasteiger partial charge in [-0.3, -0.25) is 0 Å². The first-order valence-corrected chi connectivity index (χ1v) is 5.86. The molecule has 0 saturated carbocycles. The Morgan fingerprint density at radius 1 is 1.25 bits per heavy atom. The second-order valence-electron chi connectivity index (χ2n) is 5.10. The fourth-order valence-corrected chi connectivity index (χ4v) is 2.06. The summed E-state index contributed by atoms with van der Waals surface area (Å²) < 4.78 is 0. The Morgan fingerprint density at radius 3 is 2.19 bits per heavy atom. The number of benzene rings is 1. The van der Waals surface area contributed by atoms with Gasteiger partial charge in [0, 0.05) is 5.56 Å². The predicted molar refractivity (Wildman–Crippen MR) is 66.8 cm³/mol. The van der Waals surface area contributed by atoms with Gasteiger partial charge < -0.3 is 10.2 Å². The fourth-order valence-electron chi connectivity index (χ4n) is 2.06. The van der Waals surface area contributed by atoms with E-state index in [-0.39, 0.29) is 5.75 Å². The van der Waals surface area contributed by atoms with Crippen molar-refractivity contribution >= 4 is 0 Å². The lowest BCUT2D eigenvalue weighted by Crippen LogP contribution is -2.19. The van der Waals surface area contributed by atoms with Gasteiger partial charge in [-0.1, -0.05) is 32.9 Å². The molecule has 0 aliphatic carbocycles. The number of aromatic hydroxyl groups is 1. The van der Waals surface area contributed by atoms with E-state index in [1.807, 2.05) is 19.1 Å². The monoisotopic (exact) mass is 222 g/mol. The van der Waals surface area contributed by atoms with E-state index >= 15 is 0 Å². The average Bonchev–Trinajstić information content (AvgIpc) is 2.14. The molecule has 2 N–H and O–H groups in total. The van der Waals surface area contributed by atoms with E-state index in [1.54, 1.807) is 13.8 Å². The number of aliphatic hydroxyl groups is 1. The van der Waals surface area contributed by atoms with Gasteiger partial charge in [-0.2, -0.15) is 0 Å². The molecular weight excluding hydrogens is 200 g/mol. The van der Waals surface area contributed by atoms with Crippen LogP contribution in [0.2, 0.25) is 0 Å². The molecule has 0 amide bonds. The van der Waals surface area contributed by atoms with Crippen LogP contribution in [0, 0.1) is 0 Å². The molecule has 0 aliphatic rings. The summed E-state index contributed by atoms with van der Waals surface area (Å²) >= 11 is 0. The zero-order chi connectivity index (χ0) is 12.5. The van der Waals surface area contributed by atoms with Crippen LogP contribution < -0.4 is 0 Å². The van der Waals surface area contributed by atoms with Crippen molar-refractivity contribution < 1.29 is 10.2 Å². The summed E-state index contributed by atoms with van der Waals surface area (Å²) in [6.45, 7) is 9.56. The van der Waals surface area contributed by atoms with Crippen LogP contribution in [-0.2, 0) is 12.0 Å². The number of aryl methyl sites for hydroxylation is 1. The van der Waals surface area contributed by atoms with Crippen LogP contribution in [0.25, 0.3) is 0 Å². The summed E-state index contributed by atoms with van der Waals surface area (Å²) in [5.74, 6) is 0.541. The topological polar surface area (TPSA) is 40.5 Å². The minimum Gasteiger partial charge on any atom is -0.507 e. The largest absolute Gasteiger partial charge is 0.507 e. The Morgan fingerprint density at radius 2 is 1.81 bits per heavy atom. The van der Waals surface area contributed by atoms with Gasteiger partial charge in [-0.15, -0.1) is 0 Å². The van der Waals surface area contributed by atoms with E-state index < -0.39 is 5.60 Å². The summed E-state index contributed by atoms with van der Waals surface area (Å²) in [5.41, 5.74) is 1.57. The lowest BCUT2D eigenvalue weighted by atomic mass is 9.85. The van der Waals surface area contributed by atoms with E-state index in [1.165, 1.54) is 0 Å². The van der Waals surface area contributed by atoms with E-state index in [2.05, 4.69) is 13.8 Å². The fraction of sp³-hybridized carbons (Fsp3) is 0.571. The molecule has 0 aliphatic heterocycles. The molecule has 0 fully saturated rings. The zero-order valence-corrected chi connectivity index (χ0v) is 10.8. The highest BCUT2D eigenvalue weighted by molar-refractivity contribution is 5.49. The maximum atomic E-state index is 10.2. The van der Waals surface area contributed by atoms with Crippen LogP contribution in [0.1, 0.15) is 57.2 Å². The number of phenols is 1. The maximum Gasteiger partial charge on any atom is 0.125 e. The molecule has 0 unspecified atom stereocenters. The molecule has 0 spiro atoms. The molecule has 1 aromatic carbocycles. The van der Waals surface area contributed by atoms with Gasteiger partial charge in [0.1, 0.15) is 5.75 Å². The molecule has 1 aromatic rings. The van der Waals surface area contributed by atoms with Crippen molar-refractivity contribution in [3.63, 3.8) is 0 Å². The zero-order valence-electron chi connectivity index (χ0n) is 10.8. The summed E-state index contributed by atoms with van der Waals surface area (Å²) in [6, 6.07) is 3.95. The van der Waals surface area contributed by atoms with Crippen LogP contribution in [0.5, 0.6) is 5.75 Å². The minimum atomic E-state index is -1.01. The number of phenolic OH excluding ortho intramolecular Hbond substituents is 1. The third-order valence-electron chi connectivity index (χ3n) is 2.91. The van der Waals surface area contributed by atoms with Crippen LogP contribution in [0.15, 0.2) is 12.1 Å². The van der Waals surface area contributed by atoms with Crippen molar-refractivity contribution in [2.45, 2.75) is 52.6 Å². The van der Waals surface area contributed by atoms with E-state index in [0.29, 0.717) is 11.5 Å². The maximum absolute atomic E-state index is 10.2. The Labute approximate surface area is 97.9 Å². The molecule has 2 nitrogen and oxygen atoms in total. The number of rotatable bonds is 3. The molecule has 16 heavy (non-hydrogen) atoms. The van der Waals surface area contributed by atoms with Crippen LogP contribution in [0.3, 0.4) is 0 Å². The number of hydrogen-bond acceptors (Lipinski definition) is 2. The summed E-state index contributed by atoms with van der Waals surface area (Å²) in [4.78, 5) is 0. The highest BCUT2D eigenvalue weighted by Gasteiger charge is 2.26. The predicted octanol–water partition coefficient (Wildman–Crippen LogP) is 3.31. The summed E-state index contributed by atoms with van der Waals surface area (Å²) in [6.07, 6.45) is 0.771. The minimum absolute atomic E-state index is 0.251. The highest BCUT2D eigenvalue weighted by Crippen LogP contribution is 2.38. The van der Waals surface area contributed by atoms with Crippen molar-refractivity contribution in [1.82, 2.24) is 0 Å². The summed E-state index contributed by atoms with van der Waals surface area (Å²) in [5, 5.41) is 20.4. The van der Waals surface area contributed by atoms with Gasteiger partial charge in [-0.05, 0) is 37.3 Å². The van der Waals surface area contributed by atoms with Gasteiger partial charge in [-0.25, -0.2) is 0 Å². The van der Waals surface area contributed by atoms with Gasteiger partial charge >= 0.3 is 0 Å². The van der Waals surface area contributed by atoms with Crippen molar-refractivity contribution in [1.29, 1.82) is 0 Å². The third-order valence-corrected chi connectivity index (χ3v) is 2.91. The Kier molecular flexibility index (Phi) is 3.64. The second kappa shape index (κ2) is 4.46. The quantitative estimate of drug-likeness (QED) is 0.823. The Balaban J connectivity index is 3.50. The lowest BCUT2D eigenvalue weighted by Gasteiger charge is -2.26. The Hall–Kier alpha value is -1.02. The van der Waals surface area contributed by atoms with Crippen LogP contribution in [0.4, 0.5) is 0 Å². The first-order chi connectivity index (χ1) is 7.29. The molecular formula is C14H22O2. The average molecular weight is 222 g/mol. The molecule has 2 heteroatoms. The molecule has 0 atom stereocenters. The standard InChI is InChI=1S/C14H22O2/c1-6-10-7-8-11(9(2)3)12(13(10)15)14(4,5)16/h7-9,15-16H,6H2,1-5H3. The molecule has 0 radical (unpaired) electrons. The van der Waals surface area contributed by atoms with Crippen molar-refractivity contribution in [3.05, 3.63) is 28.8 Å². The summed E-state index contributed by atoms with van der Waals surface area (Å²) in [7, 11) is 0. The van der Waals surface area contributed by atoms with Gasteiger partial charge in [0.2, 0.25) is 0 Å². The van der Waals surface area contributed by atoms with Gasteiger partial charge in [0.25, 0.3) is 0 Å². The van der Waals surface area contributed by atoms with E-state index in [0.717, 1.165) is 17.5 Å².